The van der Waals surface area contributed by atoms with Crippen LogP contribution >= 0.6 is 11.8 Å². The number of Topliss-reactive ketones (excluding diaryl/α,β-unsaturated/α-hetero) is 1. The van der Waals surface area contributed by atoms with Crippen LogP contribution in [0.3, 0.4) is 0 Å². The van der Waals surface area contributed by atoms with E-state index in [0.29, 0.717) is 22.8 Å². The number of nitrogens with one attached hydrogen (secondary N) is 2. The summed E-state index contributed by atoms with van der Waals surface area (Å²) >= 11 is 1.30. The van der Waals surface area contributed by atoms with Gasteiger partial charge < -0.3 is 5.32 Å². The van der Waals surface area contributed by atoms with Gasteiger partial charge in [0.15, 0.2) is 10.9 Å². The molecule has 0 radical (unpaired) electrons. The number of benzene rings is 1. The fourth-order valence-corrected chi connectivity index (χ4v) is 2.14. The first kappa shape index (κ1) is 14.3. The van der Waals surface area contributed by atoms with E-state index in [4.69, 9.17) is 0 Å². The minimum absolute atomic E-state index is 0.000215. The van der Waals surface area contributed by atoms with E-state index in [1.54, 1.807) is 31.2 Å². The zero-order valence-corrected chi connectivity index (χ0v) is 11.7. The number of ketones is 1. The van der Waals surface area contributed by atoms with Crippen LogP contribution < -0.4 is 5.32 Å². The summed E-state index contributed by atoms with van der Waals surface area (Å²) < 4.78 is 0. The average molecular weight is 290 g/mol. The van der Waals surface area contributed by atoms with Crippen molar-refractivity contribution >= 4 is 29.1 Å². The van der Waals surface area contributed by atoms with E-state index in [0.717, 1.165) is 0 Å². The number of amides is 1. The Labute approximate surface area is 120 Å². The number of hydrogen-bond donors (Lipinski definition) is 2. The van der Waals surface area contributed by atoms with Crippen molar-refractivity contribution in [2.45, 2.75) is 18.5 Å². The van der Waals surface area contributed by atoms with Gasteiger partial charge >= 0.3 is 0 Å². The van der Waals surface area contributed by atoms with Crippen molar-refractivity contribution in [1.29, 1.82) is 0 Å². The molecule has 0 aliphatic heterocycles. The van der Waals surface area contributed by atoms with Crippen molar-refractivity contribution < 1.29 is 9.59 Å². The van der Waals surface area contributed by atoms with Gasteiger partial charge in [-0.3, -0.25) is 14.7 Å². The lowest BCUT2D eigenvalue weighted by molar-refractivity contribution is -0.115. The van der Waals surface area contributed by atoms with Gasteiger partial charge in [-0.15, -0.1) is 0 Å². The highest BCUT2D eigenvalue weighted by atomic mass is 32.2. The number of H-pyrrole nitrogens is 1. The number of anilines is 1. The average Bonchev–Trinajstić information content (AvgIpc) is 2.98. The Morgan fingerprint density at radius 1 is 1.30 bits per heavy atom. The fraction of sp³-hybridized carbons (Fsp3) is 0.231. The van der Waals surface area contributed by atoms with Gasteiger partial charge in [0.05, 0.1) is 5.75 Å². The van der Waals surface area contributed by atoms with E-state index in [1.807, 2.05) is 0 Å². The van der Waals surface area contributed by atoms with Crippen molar-refractivity contribution in [2.75, 3.05) is 11.1 Å². The first-order chi connectivity index (χ1) is 9.69. The van der Waals surface area contributed by atoms with Gasteiger partial charge in [0.2, 0.25) is 5.91 Å². The first-order valence-corrected chi connectivity index (χ1v) is 7.09. The molecule has 2 rings (SSSR count). The molecular weight excluding hydrogens is 276 g/mol. The molecule has 2 aromatic rings. The summed E-state index contributed by atoms with van der Waals surface area (Å²) in [6, 6.07) is 6.85. The summed E-state index contributed by atoms with van der Waals surface area (Å²) in [5.74, 6) is 0.236. The van der Waals surface area contributed by atoms with Crippen molar-refractivity contribution in [3.63, 3.8) is 0 Å². The number of hydrogen-bond acceptors (Lipinski definition) is 5. The molecule has 0 spiro atoms. The summed E-state index contributed by atoms with van der Waals surface area (Å²) in [6.07, 6.45) is 1.83. The Morgan fingerprint density at radius 2 is 2.05 bits per heavy atom. The van der Waals surface area contributed by atoms with E-state index in [1.165, 1.54) is 18.1 Å². The van der Waals surface area contributed by atoms with Gasteiger partial charge in [0, 0.05) is 17.7 Å². The highest BCUT2D eigenvalue weighted by Gasteiger charge is 2.08. The van der Waals surface area contributed by atoms with Gasteiger partial charge in [0.1, 0.15) is 6.33 Å². The molecular formula is C13H14N4O2S. The van der Waals surface area contributed by atoms with Crippen LogP contribution in [0.5, 0.6) is 0 Å². The number of rotatable bonds is 6. The molecule has 0 saturated heterocycles. The number of aromatic amines is 1. The van der Waals surface area contributed by atoms with Crippen LogP contribution in [0.4, 0.5) is 5.69 Å². The number of nitrogens with zero attached hydrogens (tertiary/aromatic N) is 2. The fourth-order valence-electron chi connectivity index (χ4n) is 1.47. The maximum absolute atomic E-state index is 12.0. The highest BCUT2D eigenvalue weighted by molar-refractivity contribution is 7.99. The van der Waals surface area contributed by atoms with Crippen LogP contribution in [0, 0.1) is 0 Å². The Morgan fingerprint density at radius 3 is 2.65 bits per heavy atom. The van der Waals surface area contributed by atoms with Gasteiger partial charge in [-0.1, -0.05) is 18.7 Å². The van der Waals surface area contributed by atoms with Crippen LogP contribution in [0.1, 0.15) is 23.7 Å². The van der Waals surface area contributed by atoms with Gasteiger partial charge in [-0.05, 0) is 24.3 Å². The van der Waals surface area contributed by atoms with Crippen LogP contribution in [0.25, 0.3) is 0 Å². The van der Waals surface area contributed by atoms with Crippen LogP contribution in [0.15, 0.2) is 35.7 Å². The Balaban J connectivity index is 1.91. The molecule has 0 atom stereocenters. The molecule has 7 heteroatoms. The zero-order valence-electron chi connectivity index (χ0n) is 10.9. The predicted octanol–water partition coefficient (Wildman–Crippen LogP) is 2.13. The second-order valence-electron chi connectivity index (χ2n) is 3.98. The lowest BCUT2D eigenvalue weighted by Crippen LogP contribution is -2.09. The van der Waals surface area contributed by atoms with Crippen LogP contribution in [0.2, 0.25) is 0 Å². The smallest absolute Gasteiger partial charge is 0.224 e. The van der Waals surface area contributed by atoms with Crippen molar-refractivity contribution in [1.82, 2.24) is 15.2 Å². The van der Waals surface area contributed by atoms with E-state index in [2.05, 4.69) is 20.5 Å². The monoisotopic (exact) mass is 290 g/mol. The van der Waals surface area contributed by atoms with Gasteiger partial charge in [0.25, 0.3) is 0 Å². The van der Waals surface area contributed by atoms with Crippen LogP contribution in [-0.2, 0) is 4.79 Å². The van der Waals surface area contributed by atoms with E-state index < -0.39 is 0 Å². The molecule has 2 N–H and O–H groups in total. The summed E-state index contributed by atoms with van der Waals surface area (Å²) in [4.78, 5) is 27.1. The molecule has 1 heterocycles. The minimum atomic E-state index is -0.0510. The van der Waals surface area contributed by atoms with Gasteiger partial charge in [-0.25, -0.2) is 4.98 Å². The number of aromatic nitrogens is 3. The van der Waals surface area contributed by atoms with E-state index in [9.17, 15) is 9.59 Å². The molecule has 20 heavy (non-hydrogen) atoms. The third-order valence-electron chi connectivity index (χ3n) is 2.54. The summed E-state index contributed by atoms with van der Waals surface area (Å²) in [7, 11) is 0. The Kier molecular flexibility index (Phi) is 4.89. The van der Waals surface area contributed by atoms with Gasteiger partial charge in [-0.2, -0.15) is 5.10 Å². The standard InChI is InChI=1S/C13H14N4O2S/c1-2-12(19)16-10-5-3-9(4-6-10)11(18)7-20-13-14-8-15-17-13/h3-6,8H,2,7H2,1H3,(H,16,19)(H,14,15,17). The quantitative estimate of drug-likeness (QED) is 0.628. The molecule has 1 aromatic heterocycles. The highest BCUT2D eigenvalue weighted by Crippen LogP contribution is 2.15. The lowest BCUT2D eigenvalue weighted by atomic mass is 10.1. The molecule has 0 aliphatic carbocycles. The predicted molar refractivity (Wildman–Crippen MR) is 76.8 cm³/mol. The SMILES string of the molecule is CCC(=O)Nc1ccc(C(=O)CSc2ncn[nH]2)cc1. The second kappa shape index (κ2) is 6.85. The Hall–Kier alpha value is -2.15. The summed E-state index contributed by atoms with van der Waals surface area (Å²) in [6.45, 7) is 1.79. The van der Waals surface area contributed by atoms with E-state index >= 15 is 0 Å². The molecule has 0 saturated carbocycles. The summed E-state index contributed by atoms with van der Waals surface area (Å²) in [5, 5.41) is 9.74. The number of carbonyl (C=O) groups excluding carboxylic acids is 2. The summed E-state index contributed by atoms with van der Waals surface area (Å²) in [5.41, 5.74) is 1.29. The third kappa shape index (κ3) is 3.92. The lowest BCUT2D eigenvalue weighted by Gasteiger charge is -2.04. The maximum Gasteiger partial charge on any atom is 0.224 e. The largest absolute Gasteiger partial charge is 0.326 e. The van der Waals surface area contributed by atoms with E-state index in [-0.39, 0.29) is 17.4 Å². The molecule has 0 fully saturated rings. The zero-order chi connectivity index (χ0) is 14.4. The minimum Gasteiger partial charge on any atom is -0.326 e. The van der Waals surface area contributed by atoms with Crippen molar-refractivity contribution in [3.05, 3.63) is 36.2 Å². The molecule has 6 nitrogen and oxygen atoms in total. The molecule has 0 unspecified atom stereocenters. The molecule has 0 bridgehead atoms. The molecule has 1 amide bonds. The van der Waals surface area contributed by atoms with Crippen molar-refractivity contribution in [3.8, 4) is 0 Å². The third-order valence-corrected chi connectivity index (χ3v) is 3.42. The number of thioether (sulfide) groups is 1. The number of carbonyl (C=O) groups is 2. The molecule has 0 aliphatic rings. The van der Waals surface area contributed by atoms with Crippen LogP contribution in [-0.4, -0.2) is 32.6 Å². The van der Waals surface area contributed by atoms with Crippen molar-refractivity contribution in [2.24, 2.45) is 0 Å². The molecule has 1 aromatic carbocycles. The second-order valence-corrected chi connectivity index (χ2v) is 4.95. The first-order valence-electron chi connectivity index (χ1n) is 6.10. The Bertz CT molecular complexity index is 581. The topological polar surface area (TPSA) is 87.7 Å². The normalized spacial score (nSPS) is 10.2. The maximum atomic E-state index is 12.0. The molecule has 104 valence electrons.